The number of carbonyl (C=O) groups is 2. The average Bonchev–Trinajstić information content (AvgIpc) is 2.51. The van der Waals surface area contributed by atoms with Crippen molar-refractivity contribution in [3.05, 3.63) is 28.8 Å². The number of carboxylic acids is 1. The summed E-state index contributed by atoms with van der Waals surface area (Å²) in [6.07, 6.45) is 0.784. The van der Waals surface area contributed by atoms with Crippen molar-refractivity contribution in [2.24, 2.45) is 0 Å². The molecule has 0 saturated carbocycles. The third-order valence-corrected chi connectivity index (χ3v) is 3.51. The molecule has 0 unspecified atom stereocenters. The quantitative estimate of drug-likeness (QED) is 0.897. The lowest BCUT2D eigenvalue weighted by atomic mass is 10.1. The smallest absolute Gasteiger partial charge is 0.337 e. The lowest BCUT2D eigenvalue weighted by molar-refractivity contribution is -0.127. The van der Waals surface area contributed by atoms with Gasteiger partial charge in [-0.15, -0.1) is 0 Å². The van der Waals surface area contributed by atoms with Crippen LogP contribution in [-0.4, -0.2) is 48.6 Å². The summed E-state index contributed by atoms with van der Waals surface area (Å²) in [5.41, 5.74) is 0.560. The lowest BCUT2D eigenvalue weighted by Gasteiger charge is -2.24. The van der Waals surface area contributed by atoms with Gasteiger partial charge in [0, 0.05) is 20.1 Å². The number of aromatic carboxylic acids is 1. The minimum Gasteiger partial charge on any atom is -0.478 e. The highest BCUT2D eigenvalue weighted by atomic mass is 35.5. The fraction of sp³-hybridized carbons (Fsp3) is 0.385. The number of nitrogens with zero attached hydrogens (tertiary/aromatic N) is 2. The predicted octanol–water partition coefficient (Wildman–Crippen LogP) is 1.71. The maximum Gasteiger partial charge on any atom is 0.337 e. The summed E-state index contributed by atoms with van der Waals surface area (Å²) < 4.78 is 0. The van der Waals surface area contributed by atoms with E-state index >= 15 is 0 Å². The molecule has 0 atom stereocenters. The van der Waals surface area contributed by atoms with Crippen LogP contribution in [0.1, 0.15) is 16.8 Å². The molecule has 1 heterocycles. The number of hydrogen-bond donors (Lipinski definition) is 1. The highest BCUT2D eigenvalue weighted by Gasteiger charge is 2.24. The summed E-state index contributed by atoms with van der Waals surface area (Å²) in [6, 6.07) is 4.74. The third-order valence-electron chi connectivity index (χ3n) is 3.21. The molecule has 0 aliphatic carbocycles. The lowest BCUT2D eigenvalue weighted by Crippen LogP contribution is -2.35. The molecule has 0 spiro atoms. The summed E-state index contributed by atoms with van der Waals surface area (Å²) in [5, 5.41) is 9.59. The number of carboxylic acid groups (broad SMARTS) is 1. The van der Waals surface area contributed by atoms with Crippen LogP contribution in [0.5, 0.6) is 0 Å². The average molecular weight is 283 g/mol. The van der Waals surface area contributed by atoms with E-state index < -0.39 is 5.97 Å². The summed E-state index contributed by atoms with van der Waals surface area (Å²) in [6.45, 7) is 1.43. The van der Waals surface area contributed by atoms with Gasteiger partial charge in [-0.3, -0.25) is 4.79 Å². The zero-order valence-electron chi connectivity index (χ0n) is 10.6. The van der Waals surface area contributed by atoms with Crippen LogP contribution in [0.2, 0.25) is 5.02 Å². The van der Waals surface area contributed by atoms with Gasteiger partial charge in [0.1, 0.15) is 0 Å². The maximum absolute atomic E-state index is 11.9. The standard InChI is InChI=1S/C13H15ClN2O3/c1-15-6-3-7-16(8-11(15)17)12-9(13(18)19)4-2-5-10(12)14/h2,4-5H,3,6-8H2,1H3,(H,18,19). The number of amides is 1. The van der Waals surface area contributed by atoms with Crippen LogP contribution < -0.4 is 4.90 Å². The first kappa shape index (κ1) is 13.7. The molecule has 1 aliphatic rings. The summed E-state index contributed by atoms with van der Waals surface area (Å²) in [5.74, 6) is -1.07. The number of hydrogen-bond acceptors (Lipinski definition) is 3. The van der Waals surface area contributed by atoms with Crippen molar-refractivity contribution in [2.45, 2.75) is 6.42 Å². The summed E-state index contributed by atoms with van der Waals surface area (Å²) in [7, 11) is 1.75. The zero-order valence-corrected chi connectivity index (χ0v) is 11.4. The molecule has 1 N–H and O–H groups in total. The molecule has 2 rings (SSSR count). The van der Waals surface area contributed by atoms with Crippen LogP contribution >= 0.6 is 11.6 Å². The molecular weight excluding hydrogens is 268 g/mol. The number of para-hydroxylation sites is 1. The van der Waals surface area contributed by atoms with E-state index in [-0.39, 0.29) is 18.0 Å². The molecule has 6 heteroatoms. The van der Waals surface area contributed by atoms with Gasteiger partial charge >= 0.3 is 5.97 Å². The first-order chi connectivity index (χ1) is 9.00. The number of carbonyl (C=O) groups excluding carboxylic acids is 1. The Balaban J connectivity index is 2.40. The third kappa shape index (κ3) is 2.81. The molecule has 0 aromatic heterocycles. The Kier molecular flexibility index (Phi) is 3.95. The molecule has 102 valence electrons. The van der Waals surface area contributed by atoms with Gasteiger partial charge in [-0.05, 0) is 18.6 Å². The van der Waals surface area contributed by atoms with Gasteiger partial charge in [-0.1, -0.05) is 17.7 Å². The van der Waals surface area contributed by atoms with E-state index in [9.17, 15) is 14.7 Å². The number of benzene rings is 1. The van der Waals surface area contributed by atoms with Crippen molar-refractivity contribution in [1.82, 2.24) is 4.90 Å². The minimum atomic E-state index is -1.04. The van der Waals surface area contributed by atoms with E-state index in [2.05, 4.69) is 0 Å². The molecule has 19 heavy (non-hydrogen) atoms. The van der Waals surface area contributed by atoms with Crippen LogP contribution in [0, 0.1) is 0 Å². The van der Waals surface area contributed by atoms with Crippen molar-refractivity contribution in [2.75, 3.05) is 31.6 Å². The van der Waals surface area contributed by atoms with E-state index in [0.29, 0.717) is 23.8 Å². The van der Waals surface area contributed by atoms with Crippen LogP contribution in [-0.2, 0) is 4.79 Å². The summed E-state index contributed by atoms with van der Waals surface area (Å²) >= 11 is 6.11. The topological polar surface area (TPSA) is 60.9 Å². The number of likely N-dealkylation sites (N-methyl/N-ethyl adjacent to an activating group) is 1. The summed E-state index contributed by atoms with van der Waals surface area (Å²) in [4.78, 5) is 26.5. The van der Waals surface area contributed by atoms with Crippen molar-refractivity contribution in [1.29, 1.82) is 0 Å². The van der Waals surface area contributed by atoms with Gasteiger partial charge in [0.25, 0.3) is 0 Å². The van der Waals surface area contributed by atoms with Crippen molar-refractivity contribution in [3.63, 3.8) is 0 Å². The number of halogens is 1. The van der Waals surface area contributed by atoms with Crippen LogP contribution in [0.4, 0.5) is 5.69 Å². The molecule has 0 radical (unpaired) electrons. The van der Waals surface area contributed by atoms with E-state index in [1.54, 1.807) is 29.0 Å². The number of rotatable bonds is 2. The highest BCUT2D eigenvalue weighted by Crippen LogP contribution is 2.30. The van der Waals surface area contributed by atoms with Crippen LogP contribution in [0.15, 0.2) is 18.2 Å². The molecule has 1 fully saturated rings. The second-order valence-electron chi connectivity index (χ2n) is 4.53. The first-order valence-corrected chi connectivity index (χ1v) is 6.39. The molecule has 1 aromatic carbocycles. The normalized spacial score (nSPS) is 16.4. The molecule has 0 bridgehead atoms. The van der Waals surface area contributed by atoms with Gasteiger partial charge in [-0.2, -0.15) is 0 Å². The maximum atomic E-state index is 11.9. The fourth-order valence-electron chi connectivity index (χ4n) is 2.19. The Morgan fingerprint density at radius 1 is 1.37 bits per heavy atom. The Bertz CT molecular complexity index is 519. The Labute approximate surface area is 116 Å². The Morgan fingerprint density at radius 2 is 2.11 bits per heavy atom. The van der Waals surface area contributed by atoms with Crippen LogP contribution in [0.25, 0.3) is 0 Å². The van der Waals surface area contributed by atoms with Crippen molar-refractivity contribution < 1.29 is 14.7 Å². The molecule has 5 nitrogen and oxygen atoms in total. The van der Waals surface area contributed by atoms with Gasteiger partial charge in [0.15, 0.2) is 0 Å². The Morgan fingerprint density at radius 3 is 2.79 bits per heavy atom. The van der Waals surface area contributed by atoms with Gasteiger partial charge in [0.2, 0.25) is 5.91 Å². The highest BCUT2D eigenvalue weighted by molar-refractivity contribution is 6.34. The molecule has 1 amide bonds. The molecule has 1 aliphatic heterocycles. The second kappa shape index (κ2) is 5.48. The zero-order chi connectivity index (χ0) is 14.0. The van der Waals surface area contributed by atoms with Gasteiger partial charge in [-0.25, -0.2) is 4.79 Å². The van der Waals surface area contributed by atoms with E-state index in [4.69, 9.17) is 11.6 Å². The molecule has 1 saturated heterocycles. The van der Waals surface area contributed by atoms with E-state index in [1.807, 2.05) is 0 Å². The molecule has 1 aromatic rings. The predicted molar refractivity (Wildman–Crippen MR) is 72.9 cm³/mol. The van der Waals surface area contributed by atoms with E-state index in [1.165, 1.54) is 6.07 Å². The van der Waals surface area contributed by atoms with Crippen molar-refractivity contribution in [3.8, 4) is 0 Å². The minimum absolute atomic E-state index is 0.0336. The largest absolute Gasteiger partial charge is 0.478 e. The number of anilines is 1. The first-order valence-electron chi connectivity index (χ1n) is 6.01. The van der Waals surface area contributed by atoms with E-state index in [0.717, 1.165) is 6.42 Å². The fourth-order valence-corrected chi connectivity index (χ4v) is 2.48. The Hall–Kier alpha value is -1.75. The van der Waals surface area contributed by atoms with Crippen LogP contribution in [0.3, 0.4) is 0 Å². The van der Waals surface area contributed by atoms with Gasteiger partial charge < -0.3 is 14.9 Å². The van der Waals surface area contributed by atoms with Gasteiger partial charge in [0.05, 0.1) is 22.8 Å². The monoisotopic (exact) mass is 282 g/mol. The second-order valence-corrected chi connectivity index (χ2v) is 4.94. The van der Waals surface area contributed by atoms with Crippen molar-refractivity contribution >= 4 is 29.2 Å². The SMILES string of the molecule is CN1CCCN(c2c(Cl)cccc2C(=O)O)CC1=O. The molecular formula is C13H15ClN2O3.